The fourth-order valence-electron chi connectivity index (χ4n) is 1.16. The molecule has 2 rings (SSSR count). The maximum absolute atomic E-state index is 9.53. The van der Waals surface area contributed by atoms with Gasteiger partial charge >= 0.3 is 0 Å². The Labute approximate surface area is 111 Å². The second kappa shape index (κ2) is 4.90. The number of azo groups is 1. The Morgan fingerprint density at radius 3 is 2.21 bits per heavy atom. The molecule has 0 aliphatic heterocycles. The van der Waals surface area contributed by atoms with E-state index in [0.29, 0.717) is 0 Å². The van der Waals surface area contributed by atoms with Gasteiger partial charge in [-0.25, -0.2) is 0 Å². The topological polar surface area (TPSA) is 156 Å². The zero-order chi connectivity index (χ0) is 14.0. The molecular formula is C9H8ClN7O2. The number of hydrogen-bond acceptors (Lipinski definition) is 9. The molecule has 0 aliphatic rings. The summed E-state index contributed by atoms with van der Waals surface area (Å²) in [5.41, 5.74) is 10.7. The summed E-state index contributed by atoms with van der Waals surface area (Å²) in [5.74, 6) is -0.898. The van der Waals surface area contributed by atoms with E-state index in [2.05, 4.69) is 25.2 Å². The SMILES string of the molecule is Nc1nc(N)nc(/N=N/c2cc(Cl)c(O)cc2O)n1. The fourth-order valence-corrected chi connectivity index (χ4v) is 1.32. The van der Waals surface area contributed by atoms with E-state index in [1.807, 2.05) is 0 Å². The Hall–Kier alpha value is -2.68. The molecule has 0 saturated carbocycles. The summed E-state index contributed by atoms with van der Waals surface area (Å²) in [6.07, 6.45) is 0. The number of nitrogens with zero attached hydrogens (tertiary/aromatic N) is 5. The lowest BCUT2D eigenvalue weighted by Gasteiger charge is -2.01. The molecule has 0 atom stereocenters. The van der Waals surface area contributed by atoms with Crippen molar-refractivity contribution in [2.75, 3.05) is 11.5 Å². The van der Waals surface area contributed by atoms with E-state index < -0.39 is 0 Å². The first kappa shape index (κ1) is 12.8. The standard InChI is InChI=1S/C9H8ClN7O2/c10-3-1-4(6(19)2-5(3)18)16-17-9-14-7(11)13-8(12)15-9/h1-2,18-19H,(H4,11,12,13,14,15)/b17-16+. The van der Waals surface area contributed by atoms with Crippen LogP contribution in [-0.2, 0) is 0 Å². The maximum Gasteiger partial charge on any atom is 0.275 e. The molecule has 1 aromatic carbocycles. The molecule has 19 heavy (non-hydrogen) atoms. The van der Waals surface area contributed by atoms with Crippen LogP contribution in [0.15, 0.2) is 22.4 Å². The summed E-state index contributed by atoms with van der Waals surface area (Å²) >= 11 is 5.67. The van der Waals surface area contributed by atoms with Gasteiger partial charge < -0.3 is 21.7 Å². The number of nitrogens with two attached hydrogens (primary N) is 2. The third kappa shape index (κ3) is 2.96. The molecule has 0 saturated heterocycles. The number of phenolic OH excluding ortho intramolecular Hbond substituents is 2. The molecule has 98 valence electrons. The van der Waals surface area contributed by atoms with Crippen molar-refractivity contribution in [3.05, 3.63) is 17.2 Å². The molecule has 1 heterocycles. The molecular weight excluding hydrogens is 274 g/mol. The van der Waals surface area contributed by atoms with E-state index in [0.717, 1.165) is 6.07 Å². The number of aromatic hydroxyl groups is 2. The number of phenols is 2. The van der Waals surface area contributed by atoms with Gasteiger partial charge in [-0.1, -0.05) is 11.6 Å². The predicted octanol–water partition coefficient (Wildman–Crippen LogP) is 1.52. The highest BCUT2D eigenvalue weighted by Gasteiger charge is 2.07. The summed E-state index contributed by atoms with van der Waals surface area (Å²) < 4.78 is 0. The minimum absolute atomic E-state index is 0.0152. The number of rotatable bonds is 2. The number of anilines is 2. The van der Waals surface area contributed by atoms with Gasteiger partial charge in [0.25, 0.3) is 5.95 Å². The van der Waals surface area contributed by atoms with Gasteiger partial charge in [0.1, 0.15) is 17.2 Å². The van der Waals surface area contributed by atoms with Gasteiger partial charge in [0.2, 0.25) is 11.9 Å². The molecule has 10 heteroatoms. The van der Waals surface area contributed by atoms with Crippen molar-refractivity contribution in [1.29, 1.82) is 0 Å². The Morgan fingerprint density at radius 2 is 1.58 bits per heavy atom. The van der Waals surface area contributed by atoms with Crippen LogP contribution in [0.25, 0.3) is 0 Å². The average Bonchev–Trinajstić information content (AvgIpc) is 2.31. The second-order valence-corrected chi connectivity index (χ2v) is 3.75. The summed E-state index contributed by atoms with van der Waals surface area (Å²) in [5, 5.41) is 26.1. The predicted molar refractivity (Wildman–Crippen MR) is 67.6 cm³/mol. The Morgan fingerprint density at radius 1 is 0.947 bits per heavy atom. The molecule has 1 aromatic heterocycles. The average molecular weight is 282 g/mol. The van der Waals surface area contributed by atoms with E-state index in [1.165, 1.54) is 6.07 Å². The van der Waals surface area contributed by atoms with Crippen molar-refractivity contribution in [1.82, 2.24) is 15.0 Å². The number of halogens is 1. The van der Waals surface area contributed by atoms with E-state index in [-0.39, 0.29) is 40.1 Å². The van der Waals surface area contributed by atoms with Crippen molar-refractivity contribution < 1.29 is 10.2 Å². The normalized spacial score (nSPS) is 11.0. The van der Waals surface area contributed by atoms with Gasteiger partial charge in [0.15, 0.2) is 0 Å². The lowest BCUT2D eigenvalue weighted by molar-refractivity contribution is 0.451. The summed E-state index contributed by atoms with van der Waals surface area (Å²) in [7, 11) is 0. The largest absolute Gasteiger partial charge is 0.506 e. The molecule has 9 nitrogen and oxygen atoms in total. The maximum atomic E-state index is 9.53. The summed E-state index contributed by atoms with van der Waals surface area (Å²) in [6.45, 7) is 0. The monoisotopic (exact) mass is 281 g/mol. The highest BCUT2D eigenvalue weighted by Crippen LogP contribution is 2.36. The lowest BCUT2D eigenvalue weighted by Crippen LogP contribution is -2.01. The van der Waals surface area contributed by atoms with E-state index in [4.69, 9.17) is 23.1 Å². The molecule has 0 aliphatic carbocycles. The van der Waals surface area contributed by atoms with Crippen LogP contribution in [0.5, 0.6) is 11.5 Å². The minimum atomic E-state index is -0.305. The third-order valence-corrected chi connectivity index (χ3v) is 2.25. The van der Waals surface area contributed by atoms with Crippen molar-refractivity contribution in [2.24, 2.45) is 10.2 Å². The van der Waals surface area contributed by atoms with E-state index >= 15 is 0 Å². The van der Waals surface area contributed by atoms with Gasteiger partial charge in [-0.15, -0.1) is 10.2 Å². The van der Waals surface area contributed by atoms with Gasteiger partial charge in [0.05, 0.1) is 5.02 Å². The first-order valence-corrected chi connectivity index (χ1v) is 5.24. The van der Waals surface area contributed by atoms with Crippen molar-refractivity contribution >= 4 is 35.1 Å². The fraction of sp³-hybridized carbons (Fsp3) is 0. The zero-order valence-electron chi connectivity index (χ0n) is 9.32. The molecule has 0 spiro atoms. The molecule has 2 aromatic rings. The smallest absolute Gasteiger partial charge is 0.275 e. The highest BCUT2D eigenvalue weighted by atomic mass is 35.5. The highest BCUT2D eigenvalue weighted by molar-refractivity contribution is 6.32. The summed E-state index contributed by atoms with van der Waals surface area (Å²) in [4.78, 5) is 10.9. The number of benzene rings is 1. The third-order valence-electron chi connectivity index (χ3n) is 1.95. The molecule has 0 radical (unpaired) electrons. The quantitative estimate of drug-likeness (QED) is 0.608. The molecule has 6 N–H and O–H groups in total. The Kier molecular flexibility index (Phi) is 3.29. The Bertz CT molecular complexity index is 641. The minimum Gasteiger partial charge on any atom is -0.506 e. The van der Waals surface area contributed by atoms with Crippen LogP contribution in [0.4, 0.5) is 23.5 Å². The molecule has 0 fully saturated rings. The van der Waals surface area contributed by atoms with Gasteiger partial charge in [0, 0.05) is 6.07 Å². The van der Waals surface area contributed by atoms with Crippen LogP contribution >= 0.6 is 11.6 Å². The number of nitrogen functional groups attached to an aromatic ring is 2. The first-order valence-electron chi connectivity index (χ1n) is 4.86. The van der Waals surface area contributed by atoms with Gasteiger partial charge in [-0.2, -0.15) is 15.0 Å². The van der Waals surface area contributed by atoms with Gasteiger partial charge in [-0.05, 0) is 6.07 Å². The lowest BCUT2D eigenvalue weighted by atomic mass is 10.3. The molecule has 0 unspecified atom stereocenters. The van der Waals surface area contributed by atoms with E-state index in [9.17, 15) is 10.2 Å². The van der Waals surface area contributed by atoms with Crippen LogP contribution < -0.4 is 11.5 Å². The van der Waals surface area contributed by atoms with Crippen LogP contribution in [0, 0.1) is 0 Å². The number of aromatic nitrogens is 3. The summed E-state index contributed by atoms with van der Waals surface area (Å²) in [6, 6.07) is 2.26. The van der Waals surface area contributed by atoms with Crippen molar-refractivity contribution in [2.45, 2.75) is 0 Å². The van der Waals surface area contributed by atoms with Crippen LogP contribution in [0.1, 0.15) is 0 Å². The number of hydrogen-bond donors (Lipinski definition) is 4. The van der Waals surface area contributed by atoms with Crippen molar-refractivity contribution in [3.63, 3.8) is 0 Å². The zero-order valence-corrected chi connectivity index (χ0v) is 10.1. The van der Waals surface area contributed by atoms with Crippen LogP contribution in [0.3, 0.4) is 0 Å². The van der Waals surface area contributed by atoms with Crippen molar-refractivity contribution in [3.8, 4) is 11.5 Å². The molecule has 0 bridgehead atoms. The van der Waals surface area contributed by atoms with E-state index in [1.54, 1.807) is 0 Å². The first-order chi connectivity index (χ1) is 8.95. The van der Waals surface area contributed by atoms with Crippen LogP contribution in [0.2, 0.25) is 5.02 Å². The Balaban J connectivity index is 2.35. The van der Waals surface area contributed by atoms with Gasteiger partial charge in [-0.3, -0.25) is 0 Å². The molecule has 0 amide bonds. The van der Waals surface area contributed by atoms with Crippen LogP contribution in [-0.4, -0.2) is 25.2 Å². The second-order valence-electron chi connectivity index (χ2n) is 3.34.